The molecule has 0 unspecified atom stereocenters. The number of rotatable bonds is 6. The average Bonchev–Trinajstić information content (AvgIpc) is 3.31. The Kier molecular flexibility index (Phi) is 6.49. The van der Waals surface area contributed by atoms with Crippen molar-refractivity contribution < 1.29 is 4.74 Å². The first kappa shape index (κ1) is 20.1. The van der Waals surface area contributed by atoms with Gasteiger partial charge >= 0.3 is 0 Å². The molecule has 0 radical (unpaired) electrons. The lowest BCUT2D eigenvalue weighted by atomic mass is 10.1. The Morgan fingerprint density at radius 1 is 1.32 bits per heavy atom. The summed E-state index contributed by atoms with van der Waals surface area (Å²) in [7, 11) is 0. The fraction of sp³-hybridized carbons (Fsp3) is 0.333. The molecule has 0 amide bonds. The number of hydrogen-bond acceptors (Lipinski definition) is 4. The maximum Gasteiger partial charge on any atom is 0.137 e. The van der Waals surface area contributed by atoms with Crippen LogP contribution in [0.3, 0.4) is 0 Å². The van der Waals surface area contributed by atoms with Crippen molar-refractivity contribution in [1.82, 2.24) is 4.98 Å². The summed E-state index contributed by atoms with van der Waals surface area (Å²) in [6.07, 6.45) is 12.2. The van der Waals surface area contributed by atoms with Gasteiger partial charge in [0.25, 0.3) is 0 Å². The summed E-state index contributed by atoms with van der Waals surface area (Å²) in [5.74, 6) is 0.621. The molecule has 28 heavy (non-hydrogen) atoms. The van der Waals surface area contributed by atoms with Crippen LogP contribution in [0.25, 0.3) is 16.1 Å². The van der Waals surface area contributed by atoms with Crippen LogP contribution in [0.5, 0.6) is 5.75 Å². The molecule has 0 N–H and O–H groups in total. The van der Waals surface area contributed by atoms with Gasteiger partial charge in [-0.1, -0.05) is 23.8 Å². The van der Waals surface area contributed by atoms with Crippen molar-refractivity contribution in [2.45, 2.75) is 53.1 Å². The van der Waals surface area contributed by atoms with Gasteiger partial charge in [0.05, 0.1) is 16.5 Å². The smallest absolute Gasteiger partial charge is 0.137 e. The molecule has 0 atom stereocenters. The molecule has 4 heteroatoms. The SMILES string of the molecule is CC1=C(/C=C\C=C(/C)c2cnc(-c3ccc(OC(C)C)c(C#N)c3)s2)CCC1. The molecule has 1 aromatic heterocycles. The lowest BCUT2D eigenvalue weighted by molar-refractivity contribution is 0.242. The molecule has 3 nitrogen and oxygen atoms in total. The van der Waals surface area contributed by atoms with Gasteiger partial charge in [0.1, 0.15) is 16.8 Å². The molecular weight excluding hydrogens is 364 g/mol. The first-order valence-electron chi connectivity index (χ1n) is 9.69. The molecule has 1 aliphatic carbocycles. The number of ether oxygens (including phenoxy) is 1. The van der Waals surface area contributed by atoms with Crippen LogP contribution in [0.2, 0.25) is 0 Å². The molecular formula is C24H26N2OS. The quantitative estimate of drug-likeness (QED) is 0.502. The average molecular weight is 391 g/mol. The van der Waals surface area contributed by atoms with Crippen LogP contribution in [0.4, 0.5) is 0 Å². The van der Waals surface area contributed by atoms with E-state index in [1.54, 1.807) is 11.3 Å². The van der Waals surface area contributed by atoms with E-state index in [1.807, 2.05) is 38.2 Å². The van der Waals surface area contributed by atoms with Crippen molar-refractivity contribution >= 4 is 16.9 Å². The fourth-order valence-corrected chi connectivity index (χ4v) is 4.12. The van der Waals surface area contributed by atoms with Crippen molar-refractivity contribution in [3.8, 4) is 22.4 Å². The van der Waals surface area contributed by atoms with Gasteiger partial charge in [-0.3, -0.25) is 0 Å². The second-order valence-electron chi connectivity index (χ2n) is 7.39. The highest BCUT2D eigenvalue weighted by molar-refractivity contribution is 7.16. The zero-order valence-corrected chi connectivity index (χ0v) is 17.8. The zero-order chi connectivity index (χ0) is 20.1. The molecule has 0 fully saturated rings. The Labute approximate surface area is 171 Å². The molecule has 0 aliphatic heterocycles. The molecule has 0 saturated carbocycles. The lowest BCUT2D eigenvalue weighted by Crippen LogP contribution is -2.06. The monoisotopic (exact) mass is 390 g/mol. The number of allylic oxidation sites excluding steroid dienone is 6. The van der Waals surface area contributed by atoms with Gasteiger partial charge in [-0.05, 0) is 76.3 Å². The number of thiazole rings is 1. The predicted octanol–water partition coefficient (Wildman–Crippen LogP) is 6.93. The first-order chi connectivity index (χ1) is 13.5. The zero-order valence-electron chi connectivity index (χ0n) is 17.0. The molecule has 0 bridgehead atoms. The highest BCUT2D eigenvalue weighted by Crippen LogP contribution is 2.32. The van der Waals surface area contributed by atoms with E-state index in [9.17, 15) is 5.26 Å². The van der Waals surface area contributed by atoms with E-state index in [0.29, 0.717) is 11.3 Å². The van der Waals surface area contributed by atoms with E-state index >= 15 is 0 Å². The molecule has 2 aromatic rings. The molecule has 1 aromatic carbocycles. The largest absolute Gasteiger partial charge is 0.490 e. The van der Waals surface area contributed by atoms with Crippen LogP contribution in [0, 0.1) is 11.3 Å². The van der Waals surface area contributed by atoms with Gasteiger partial charge in [0.15, 0.2) is 0 Å². The van der Waals surface area contributed by atoms with Crippen LogP contribution in [-0.2, 0) is 0 Å². The second-order valence-corrected chi connectivity index (χ2v) is 8.42. The highest BCUT2D eigenvalue weighted by atomic mass is 32.1. The first-order valence-corrected chi connectivity index (χ1v) is 10.5. The Bertz CT molecular complexity index is 986. The summed E-state index contributed by atoms with van der Waals surface area (Å²) in [6.45, 7) is 8.25. The van der Waals surface area contributed by atoms with Gasteiger partial charge < -0.3 is 4.74 Å². The number of aromatic nitrogens is 1. The minimum Gasteiger partial charge on any atom is -0.490 e. The Balaban J connectivity index is 1.78. The van der Waals surface area contributed by atoms with Crippen LogP contribution < -0.4 is 4.74 Å². The third-order valence-corrected chi connectivity index (χ3v) is 5.98. The topological polar surface area (TPSA) is 45.9 Å². The second kappa shape index (κ2) is 9.03. The summed E-state index contributed by atoms with van der Waals surface area (Å²) in [5, 5.41) is 10.3. The predicted molar refractivity (Wildman–Crippen MR) is 117 cm³/mol. The van der Waals surface area contributed by atoms with E-state index in [1.165, 1.54) is 36.0 Å². The third kappa shape index (κ3) is 4.79. The van der Waals surface area contributed by atoms with E-state index in [2.05, 4.69) is 43.1 Å². The number of nitriles is 1. The number of benzene rings is 1. The minimum atomic E-state index is 0.0361. The van der Waals surface area contributed by atoms with Gasteiger partial charge in [-0.2, -0.15) is 5.26 Å². The Morgan fingerprint density at radius 3 is 2.82 bits per heavy atom. The summed E-state index contributed by atoms with van der Waals surface area (Å²) >= 11 is 1.64. The number of nitrogens with zero attached hydrogens (tertiary/aromatic N) is 2. The molecule has 0 spiro atoms. The van der Waals surface area contributed by atoms with E-state index < -0.39 is 0 Å². The summed E-state index contributed by atoms with van der Waals surface area (Å²) in [5.41, 5.74) is 5.66. The highest BCUT2D eigenvalue weighted by Gasteiger charge is 2.11. The van der Waals surface area contributed by atoms with E-state index in [0.717, 1.165) is 15.4 Å². The van der Waals surface area contributed by atoms with Crippen molar-refractivity contribution in [3.63, 3.8) is 0 Å². The maximum absolute atomic E-state index is 9.43. The van der Waals surface area contributed by atoms with Crippen molar-refractivity contribution in [2.75, 3.05) is 0 Å². The molecule has 0 saturated heterocycles. The summed E-state index contributed by atoms with van der Waals surface area (Å²) < 4.78 is 5.70. The molecule has 144 valence electrons. The van der Waals surface area contributed by atoms with Crippen LogP contribution in [-0.4, -0.2) is 11.1 Å². The Hall–Kier alpha value is -2.64. The number of hydrogen-bond donors (Lipinski definition) is 0. The lowest BCUT2D eigenvalue weighted by Gasteiger charge is -2.11. The van der Waals surface area contributed by atoms with Crippen LogP contribution in [0.1, 0.15) is 57.4 Å². The van der Waals surface area contributed by atoms with E-state index in [4.69, 9.17) is 4.74 Å². The van der Waals surface area contributed by atoms with Crippen molar-refractivity contribution in [3.05, 3.63) is 64.2 Å². The standard InChI is InChI=1S/C24H26N2OS/c1-16(2)27-22-12-11-20(13-21(22)14-25)24-26-15-23(28-24)18(4)8-6-10-19-9-5-7-17(19)3/h6,8,10-13,15-16H,5,7,9H2,1-4H3/b10-6-,18-8+. The maximum atomic E-state index is 9.43. The fourth-order valence-electron chi connectivity index (χ4n) is 3.23. The van der Waals surface area contributed by atoms with E-state index in [-0.39, 0.29) is 6.10 Å². The van der Waals surface area contributed by atoms with Crippen LogP contribution in [0.15, 0.2) is 53.8 Å². The van der Waals surface area contributed by atoms with Crippen molar-refractivity contribution in [2.24, 2.45) is 0 Å². The summed E-state index contributed by atoms with van der Waals surface area (Å²) in [4.78, 5) is 5.70. The van der Waals surface area contributed by atoms with Gasteiger partial charge in [0, 0.05) is 11.8 Å². The molecule has 1 aliphatic rings. The van der Waals surface area contributed by atoms with Crippen LogP contribution >= 0.6 is 11.3 Å². The van der Waals surface area contributed by atoms with Crippen molar-refractivity contribution in [1.29, 1.82) is 5.26 Å². The summed E-state index contributed by atoms with van der Waals surface area (Å²) in [6, 6.07) is 7.91. The normalized spacial score (nSPS) is 14.9. The molecule has 1 heterocycles. The van der Waals surface area contributed by atoms with Gasteiger partial charge in [0.2, 0.25) is 0 Å². The van der Waals surface area contributed by atoms with Gasteiger partial charge in [-0.15, -0.1) is 11.3 Å². The minimum absolute atomic E-state index is 0.0361. The molecule has 3 rings (SSSR count). The van der Waals surface area contributed by atoms with Gasteiger partial charge in [-0.25, -0.2) is 4.98 Å². The third-order valence-electron chi connectivity index (χ3n) is 4.79. The Morgan fingerprint density at radius 2 is 2.14 bits per heavy atom.